The molecule has 0 unspecified atom stereocenters. The molecule has 0 saturated carbocycles. The van der Waals surface area contributed by atoms with Crippen LogP contribution < -0.4 is 14.4 Å². The first-order chi connectivity index (χ1) is 13.1. The van der Waals surface area contributed by atoms with Gasteiger partial charge in [-0.25, -0.2) is 13.3 Å². The first kappa shape index (κ1) is 19.3. The van der Waals surface area contributed by atoms with Crippen LogP contribution in [0.5, 0.6) is 11.5 Å². The normalized spacial score (nSPS) is 12.3. The minimum Gasteiger partial charge on any atom is -0.856 e. The molecule has 28 heavy (non-hydrogen) atoms. The monoisotopic (exact) mass is 397 g/mol. The quantitative estimate of drug-likeness (QED) is 0.294. The van der Waals surface area contributed by atoms with E-state index in [2.05, 4.69) is 5.10 Å². The third-order valence-electron chi connectivity index (χ3n) is 3.61. The molecule has 2 aromatic carbocycles. The molecule has 0 fully saturated rings. The molecule has 0 aliphatic carbocycles. The van der Waals surface area contributed by atoms with Crippen molar-refractivity contribution in [3.05, 3.63) is 77.9 Å². The smallest absolute Gasteiger partial charge is 0.416 e. The van der Waals surface area contributed by atoms with Crippen molar-refractivity contribution in [2.75, 3.05) is 0 Å². The summed E-state index contributed by atoms with van der Waals surface area (Å²) < 4.78 is 73.9. The molecule has 1 heterocycles. The summed E-state index contributed by atoms with van der Waals surface area (Å²) in [6, 6.07) is 4.78. The van der Waals surface area contributed by atoms with Crippen molar-refractivity contribution in [2.45, 2.75) is 6.18 Å². The Morgan fingerprint density at radius 2 is 1.71 bits per heavy atom. The highest BCUT2D eigenvalue weighted by Gasteiger charge is 2.30. The lowest BCUT2D eigenvalue weighted by atomic mass is 10.2. The van der Waals surface area contributed by atoms with Crippen molar-refractivity contribution < 1.29 is 36.4 Å². The van der Waals surface area contributed by atoms with E-state index in [0.717, 1.165) is 36.4 Å². The Labute approximate surface area is 155 Å². The fourth-order valence-corrected chi connectivity index (χ4v) is 2.27. The molecule has 10 heteroatoms. The number of benzene rings is 2. The highest BCUT2D eigenvalue weighted by molar-refractivity contribution is 5.90. The third-order valence-corrected chi connectivity index (χ3v) is 3.61. The lowest BCUT2D eigenvalue weighted by Crippen LogP contribution is -2.24. The maximum absolute atomic E-state index is 14.2. The van der Waals surface area contributed by atoms with Gasteiger partial charge in [0.05, 0.1) is 12.6 Å². The second kappa shape index (κ2) is 7.29. The number of hydrogen-bond donors (Lipinski definition) is 0. The van der Waals surface area contributed by atoms with E-state index in [1.807, 2.05) is 0 Å². The minimum absolute atomic E-state index is 0.200. The molecule has 0 aliphatic heterocycles. The number of ether oxygens (including phenoxy) is 1. The summed E-state index contributed by atoms with van der Waals surface area (Å²) in [5, 5.41) is 15.7. The molecule has 0 atom stereocenters. The Kier molecular flexibility index (Phi) is 5.04. The fraction of sp³-hybridized carbons (Fsp3) is 0.111. The summed E-state index contributed by atoms with van der Waals surface area (Å²) in [6.07, 6.45) is -0.00431. The summed E-state index contributed by atoms with van der Waals surface area (Å²) in [7, 11) is 1.70. The molecule has 3 rings (SSSR count). The zero-order chi connectivity index (χ0) is 20.5. The van der Waals surface area contributed by atoms with Crippen LogP contribution in [0.2, 0.25) is 0 Å². The average Bonchev–Trinajstić information content (AvgIpc) is 3.02. The summed E-state index contributed by atoms with van der Waals surface area (Å²) in [5.41, 5.74) is -1.28. The molecular weight excluding hydrogens is 385 g/mol. The molecule has 0 spiro atoms. The van der Waals surface area contributed by atoms with E-state index in [0.29, 0.717) is 0 Å². The zero-order valence-corrected chi connectivity index (χ0v) is 14.2. The van der Waals surface area contributed by atoms with Crippen LogP contribution in [0.25, 0.3) is 0 Å². The van der Waals surface area contributed by atoms with Crippen molar-refractivity contribution in [3.8, 4) is 11.5 Å². The van der Waals surface area contributed by atoms with Gasteiger partial charge in [0.1, 0.15) is 11.9 Å². The first-order valence-electron chi connectivity index (χ1n) is 7.77. The SMILES string of the molecule is C[n+]1ccn(N=C([O-])c2cc(F)c(Oc3ccc(C(F)(F)F)cc3)c(F)c2)c1. The van der Waals surface area contributed by atoms with Crippen LogP contribution in [-0.2, 0) is 13.2 Å². The highest BCUT2D eigenvalue weighted by atomic mass is 19.4. The molecule has 1 aromatic heterocycles. The van der Waals surface area contributed by atoms with Crippen LogP contribution in [0.1, 0.15) is 11.1 Å². The molecule has 0 N–H and O–H groups in total. The van der Waals surface area contributed by atoms with E-state index in [-0.39, 0.29) is 11.3 Å². The molecular formula is C18H12F5N3O2. The van der Waals surface area contributed by atoms with Gasteiger partial charge in [0.15, 0.2) is 23.6 Å². The Morgan fingerprint density at radius 1 is 1.11 bits per heavy atom. The number of halogens is 5. The van der Waals surface area contributed by atoms with Gasteiger partial charge < -0.3 is 9.84 Å². The topological polar surface area (TPSA) is 53.5 Å². The summed E-state index contributed by atoms with van der Waals surface area (Å²) in [6.45, 7) is 0. The maximum atomic E-state index is 14.2. The number of rotatable bonds is 4. The fourth-order valence-electron chi connectivity index (χ4n) is 2.27. The molecule has 0 radical (unpaired) electrons. The lowest BCUT2D eigenvalue weighted by molar-refractivity contribution is -0.671. The lowest BCUT2D eigenvalue weighted by Gasteiger charge is -2.13. The van der Waals surface area contributed by atoms with Crippen LogP contribution >= 0.6 is 0 Å². The Bertz CT molecular complexity index is 1000. The minimum atomic E-state index is -4.54. The Hall–Kier alpha value is -3.43. The van der Waals surface area contributed by atoms with Gasteiger partial charge >= 0.3 is 6.18 Å². The third kappa shape index (κ3) is 4.27. The van der Waals surface area contributed by atoms with Crippen molar-refractivity contribution in [3.63, 3.8) is 0 Å². The van der Waals surface area contributed by atoms with E-state index < -0.39 is 35.0 Å². The number of alkyl halides is 3. The zero-order valence-electron chi connectivity index (χ0n) is 14.2. The molecule has 0 bridgehead atoms. The van der Waals surface area contributed by atoms with Crippen molar-refractivity contribution >= 4 is 5.90 Å². The summed E-state index contributed by atoms with van der Waals surface area (Å²) in [5.74, 6) is -4.33. The number of hydrogen-bond acceptors (Lipinski definition) is 3. The van der Waals surface area contributed by atoms with Gasteiger partial charge in [-0.1, -0.05) is 5.10 Å². The second-order valence-corrected chi connectivity index (χ2v) is 5.76. The van der Waals surface area contributed by atoms with Gasteiger partial charge in [-0.3, -0.25) is 0 Å². The highest BCUT2D eigenvalue weighted by Crippen LogP contribution is 2.33. The van der Waals surface area contributed by atoms with E-state index in [9.17, 15) is 27.1 Å². The van der Waals surface area contributed by atoms with Crippen LogP contribution in [0.15, 0.2) is 60.2 Å². The molecule has 0 aliphatic rings. The van der Waals surface area contributed by atoms with Crippen molar-refractivity contribution in [1.82, 2.24) is 4.68 Å². The van der Waals surface area contributed by atoms with E-state index >= 15 is 0 Å². The van der Waals surface area contributed by atoms with Crippen LogP contribution in [0.3, 0.4) is 0 Å². The summed E-state index contributed by atoms with van der Waals surface area (Å²) >= 11 is 0. The predicted octanol–water partition coefficient (Wildman–Crippen LogP) is 2.97. The number of aryl methyl sites for hydroxylation is 1. The van der Waals surface area contributed by atoms with Crippen molar-refractivity contribution in [1.29, 1.82) is 0 Å². The van der Waals surface area contributed by atoms with Gasteiger partial charge in [-0.05, 0) is 42.0 Å². The van der Waals surface area contributed by atoms with Gasteiger partial charge in [0.25, 0.3) is 6.33 Å². The van der Waals surface area contributed by atoms with Crippen molar-refractivity contribution in [2.24, 2.45) is 12.1 Å². The molecule has 3 aromatic rings. The number of nitrogens with zero attached hydrogens (tertiary/aromatic N) is 3. The van der Waals surface area contributed by atoms with E-state index in [1.54, 1.807) is 17.8 Å². The predicted molar refractivity (Wildman–Crippen MR) is 85.4 cm³/mol. The first-order valence-corrected chi connectivity index (χ1v) is 7.77. The number of imidazole rings is 1. The van der Waals surface area contributed by atoms with E-state index in [1.165, 1.54) is 17.2 Å². The van der Waals surface area contributed by atoms with Crippen LogP contribution in [-0.4, -0.2) is 10.6 Å². The molecule has 0 amide bonds. The van der Waals surface area contributed by atoms with E-state index in [4.69, 9.17) is 4.74 Å². The maximum Gasteiger partial charge on any atom is 0.416 e. The Balaban J connectivity index is 1.85. The molecule has 146 valence electrons. The number of aromatic nitrogens is 2. The second-order valence-electron chi connectivity index (χ2n) is 5.76. The standard InChI is InChI=1S/C18H12F5N3O2/c1-25-6-7-26(10-25)24-17(27)11-8-14(19)16(15(20)9-11)28-13-4-2-12(3-5-13)18(21,22)23/h2-10H,1H3. The Morgan fingerprint density at radius 3 is 2.21 bits per heavy atom. The molecule has 5 nitrogen and oxygen atoms in total. The van der Waals surface area contributed by atoms with Gasteiger partial charge in [0.2, 0.25) is 0 Å². The molecule has 0 saturated heterocycles. The average molecular weight is 397 g/mol. The largest absolute Gasteiger partial charge is 0.856 e. The summed E-state index contributed by atoms with van der Waals surface area (Å²) in [4.78, 5) is 0. The van der Waals surface area contributed by atoms with Gasteiger partial charge in [-0.2, -0.15) is 13.2 Å². The van der Waals surface area contributed by atoms with Crippen LogP contribution in [0, 0.1) is 11.6 Å². The van der Waals surface area contributed by atoms with Gasteiger partial charge in [-0.15, -0.1) is 4.68 Å². The van der Waals surface area contributed by atoms with Crippen LogP contribution in [0.4, 0.5) is 22.0 Å². The van der Waals surface area contributed by atoms with Gasteiger partial charge in [0, 0.05) is 5.90 Å².